The third-order valence-corrected chi connectivity index (χ3v) is 3.35. The van der Waals surface area contributed by atoms with Gasteiger partial charge in [0.1, 0.15) is 0 Å². The van der Waals surface area contributed by atoms with E-state index in [-0.39, 0.29) is 0 Å². The van der Waals surface area contributed by atoms with Crippen LogP contribution in [-0.4, -0.2) is 28.5 Å². The third kappa shape index (κ3) is 2.93. The molecule has 17 heavy (non-hydrogen) atoms. The molecule has 1 fully saturated rings. The Hall–Kier alpha value is -1.65. The van der Waals surface area contributed by atoms with Gasteiger partial charge in [-0.3, -0.25) is 0 Å². The van der Waals surface area contributed by atoms with Crippen LogP contribution in [0.25, 0.3) is 0 Å². The van der Waals surface area contributed by atoms with Gasteiger partial charge in [-0.15, -0.1) is 5.16 Å². The maximum atomic E-state index is 8.49. The molecule has 1 aromatic rings. The van der Waals surface area contributed by atoms with Crippen molar-refractivity contribution >= 4 is 6.21 Å². The zero-order valence-electron chi connectivity index (χ0n) is 9.91. The first kappa shape index (κ1) is 11.8. The summed E-state index contributed by atoms with van der Waals surface area (Å²) in [7, 11) is 1.56. The van der Waals surface area contributed by atoms with Crippen LogP contribution in [-0.2, 0) is 0 Å². The van der Waals surface area contributed by atoms with Gasteiger partial charge in [0.2, 0.25) is 0 Å². The topological polar surface area (TPSA) is 67.6 Å². The summed E-state index contributed by atoms with van der Waals surface area (Å²) in [6.45, 7) is 0. The lowest BCUT2D eigenvalue weighted by molar-refractivity contribution is 0.311. The predicted molar refractivity (Wildman–Crippen MR) is 63.6 cm³/mol. The van der Waals surface area contributed by atoms with Gasteiger partial charge < -0.3 is 9.94 Å². The van der Waals surface area contributed by atoms with Crippen LogP contribution in [0.2, 0.25) is 0 Å². The number of rotatable bonds is 3. The Kier molecular flexibility index (Phi) is 3.90. The molecule has 1 aromatic heterocycles. The Bertz CT molecular complexity index is 370. The van der Waals surface area contributed by atoms with Crippen molar-refractivity contribution in [2.24, 2.45) is 11.1 Å². The van der Waals surface area contributed by atoms with Crippen molar-refractivity contribution in [2.75, 3.05) is 7.11 Å². The molecule has 1 aliphatic rings. The van der Waals surface area contributed by atoms with Crippen LogP contribution in [0.15, 0.2) is 17.5 Å². The first-order chi connectivity index (χ1) is 8.33. The van der Waals surface area contributed by atoms with Crippen molar-refractivity contribution in [2.45, 2.75) is 31.6 Å². The summed E-state index contributed by atoms with van der Waals surface area (Å²) < 4.78 is 4.94. The fraction of sp³-hybridized carbons (Fsp3) is 0.583. The average molecular weight is 235 g/mol. The van der Waals surface area contributed by atoms with Crippen LogP contribution in [0.4, 0.5) is 0 Å². The fourth-order valence-corrected chi connectivity index (χ4v) is 2.34. The molecule has 1 heterocycles. The number of hydrogen-bond acceptors (Lipinski definition) is 5. The van der Waals surface area contributed by atoms with E-state index in [0.29, 0.717) is 17.8 Å². The minimum atomic E-state index is 0.412. The second kappa shape index (κ2) is 5.61. The van der Waals surface area contributed by atoms with Crippen molar-refractivity contribution in [3.05, 3.63) is 18.0 Å². The third-order valence-electron chi connectivity index (χ3n) is 3.35. The van der Waals surface area contributed by atoms with Gasteiger partial charge in [-0.2, -0.15) is 0 Å². The number of ether oxygens (including phenoxy) is 1. The van der Waals surface area contributed by atoms with Crippen molar-refractivity contribution in [1.29, 1.82) is 0 Å². The van der Waals surface area contributed by atoms with Gasteiger partial charge in [-0.05, 0) is 43.1 Å². The normalized spacial score (nSPS) is 25.0. The molecule has 5 nitrogen and oxygen atoms in total. The molecule has 1 N–H and O–H groups in total. The molecule has 0 amide bonds. The van der Waals surface area contributed by atoms with Crippen LogP contribution in [0.5, 0.6) is 6.01 Å². The Morgan fingerprint density at radius 3 is 2.47 bits per heavy atom. The average Bonchev–Trinajstić information content (AvgIpc) is 2.40. The van der Waals surface area contributed by atoms with Gasteiger partial charge in [0.15, 0.2) is 0 Å². The molecule has 0 radical (unpaired) electrons. The molecule has 92 valence electrons. The van der Waals surface area contributed by atoms with Crippen molar-refractivity contribution in [3.8, 4) is 6.01 Å². The molecule has 0 bridgehead atoms. The van der Waals surface area contributed by atoms with Crippen LogP contribution in [0.3, 0.4) is 0 Å². The first-order valence-corrected chi connectivity index (χ1v) is 5.87. The van der Waals surface area contributed by atoms with Gasteiger partial charge >= 0.3 is 6.01 Å². The quantitative estimate of drug-likeness (QED) is 0.495. The van der Waals surface area contributed by atoms with E-state index in [2.05, 4.69) is 15.1 Å². The molecule has 0 spiro atoms. The molecule has 1 aliphatic carbocycles. The lowest BCUT2D eigenvalue weighted by Crippen LogP contribution is -2.14. The van der Waals surface area contributed by atoms with E-state index in [4.69, 9.17) is 9.94 Å². The zero-order valence-corrected chi connectivity index (χ0v) is 9.91. The van der Waals surface area contributed by atoms with Gasteiger partial charge in [0.05, 0.1) is 7.11 Å². The lowest BCUT2D eigenvalue weighted by atomic mass is 9.80. The standard InChI is InChI=1S/C12H17N3O2/c1-17-12-13-7-11(8-14-12)10-4-2-9(3-5-10)6-15-16/h6-10,16H,2-5H2,1H3/b15-6+. The van der Waals surface area contributed by atoms with Gasteiger partial charge in [0, 0.05) is 18.6 Å². The smallest absolute Gasteiger partial charge is 0.316 e. The Morgan fingerprint density at radius 1 is 1.29 bits per heavy atom. The van der Waals surface area contributed by atoms with E-state index in [1.54, 1.807) is 13.3 Å². The minimum Gasteiger partial charge on any atom is -0.467 e. The molecule has 0 unspecified atom stereocenters. The lowest BCUT2D eigenvalue weighted by Gasteiger charge is -2.25. The van der Waals surface area contributed by atoms with E-state index in [1.807, 2.05) is 12.4 Å². The highest BCUT2D eigenvalue weighted by Gasteiger charge is 2.21. The van der Waals surface area contributed by atoms with Gasteiger partial charge in [-0.25, -0.2) is 9.97 Å². The molecule has 0 aliphatic heterocycles. The monoisotopic (exact) mass is 235 g/mol. The van der Waals surface area contributed by atoms with Crippen molar-refractivity contribution < 1.29 is 9.94 Å². The highest BCUT2D eigenvalue weighted by Crippen LogP contribution is 2.34. The molecule has 0 saturated heterocycles. The maximum Gasteiger partial charge on any atom is 0.316 e. The second-order valence-corrected chi connectivity index (χ2v) is 4.38. The number of methoxy groups -OCH3 is 1. The Balaban J connectivity index is 1.95. The number of aromatic nitrogens is 2. The van der Waals surface area contributed by atoms with E-state index in [9.17, 15) is 0 Å². The summed E-state index contributed by atoms with van der Waals surface area (Å²) in [6, 6.07) is 0.412. The fourth-order valence-electron chi connectivity index (χ4n) is 2.34. The predicted octanol–water partition coefficient (Wildman–Crippen LogP) is 2.22. The van der Waals surface area contributed by atoms with Crippen LogP contribution >= 0.6 is 0 Å². The summed E-state index contributed by atoms with van der Waals surface area (Å²) in [4.78, 5) is 8.26. The van der Waals surface area contributed by atoms with Crippen LogP contribution < -0.4 is 4.74 Å². The number of nitrogens with zero attached hydrogens (tertiary/aromatic N) is 3. The van der Waals surface area contributed by atoms with E-state index < -0.39 is 0 Å². The summed E-state index contributed by atoms with van der Waals surface area (Å²) >= 11 is 0. The Morgan fingerprint density at radius 2 is 1.94 bits per heavy atom. The Labute approximate surface area is 101 Å². The number of hydrogen-bond donors (Lipinski definition) is 1. The highest BCUT2D eigenvalue weighted by molar-refractivity contribution is 5.59. The first-order valence-electron chi connectivity index (χ1n) is 5.87. The zero-order chi connectivity index (χ0) is 12.1. The van der Waals surface area contributed by atoms with Crippen molar-refractivity contribution in [1.82, 2.24) is 9.97 Å². The molecular formula is C12H17N3O2. The summed E-state index contributed by atoms with van der Waals surface area (Å²) in [6.07, 6.45) is 9.62. The molecular weight excluding hydrogens is 218 g/mol. The highest BCUT2D eigenvalue weighted by atomic mass is 16.5. The largest absolute Gasteiger partial charge is 0.467 e. The van der Waals surface area contributed by atoms with E-state index in [1.165, 1.54) is 5.56 Å². The van der Waals surface area contributed by atoms with Crippen LogP contribution in [0.1, 0.15) is 37.2 Å². The maximum absolute atomic E-state index is 8.49. The molecule has 2 rings (SSSR count). The van der Waals surface area contributed by atoms with E-state index >= 15 is 0 Å². The minimum absolute atomic E-state index is 0.412. The molecule has 5 heteroatoms. The molecule has 0 aromatic carbocycles. The van der Waals surface area contributed by atoms with E-state index in [0.717, 1.165) is 25.7 Å². The number of oxime groups is 1. The van der Waals surface area contributed by atoms with Gasteiger partial charge in [0.25, 0.3) is 0 Å². The SMILES string of the molecule is COc1ncc(C2CCC(/C=N/O)CC2)cn1. The summed E-state index contributed by atoms with van der Waals surface area (Å²) in [5.41, 5.74) is 1.17. The molecule has 1 saturated carbocycles. The summed E-state index contributed by atoms with van der Waals surface area (Å²) in [5.74, 6) is 0.930. The molecule has 0 atom stereocenters. The summed E-state index contributed by atoms with van der Waals surface area (Å²) in [5, 5.41) is 11.6. The van der Waals surface area contributed by atoms with Crippen molar-refractivity contribution in [3.63, 3.8) is 0 Å². The van der Waals surface area contributed by atoms with Gasteiger partial charge in [-0.1, -0.05) is 0 Å². The van der Waals surface area contributed by atoms with Crippen LogP contribution in [0, 0.1) is 5.92 Å². The second-order valence-electron chi connectivity index (χ2n) is 4.38.